The topological polar surface area (TPSA) is 81.0 Å². The lowest BCUT2D eigenvalue weighted by Crippen LogP contribution is -2.09. The number of anilines is 1. The van der Waals surface area contributed by atoms with Crippen LogP contribution in [-0.2, 0) is 0 Å². The van der Waals surface area contributed by atoms with Crippen molar-refractivity contribution >= 4 is 16.6 Å². The summed E-state index contributed by atoms with van der Waals surface area (Å²) >= 11 is 0. The zero-order chi connectivity index (χ0) is 15.0. The first-order valence-corrected chi connectivity index (χ1v) is 6.26. The Morgan fingerprint density at radius 2 is 2.05 bits per heavy atom. The molecule has 106 valence electrons. The largest absolute Gasteiger partial charge is 0.426 e. The summed E-state index contributed by atoms with van der Waals surface area (Å²) in [6.07, 6.45) is 0. The van der Waals surface area contributed by atoms with Gasteiger partial charge >= 0.3 is 6.01 Å². The number of nitrogens with two attached hydrogens (primary N) is 1. The summed E-state index contributed by atoms with van der Waals surface area (Å²) in [4.78, 5) is 18.7. The number of halogens is 1. The summed E-state index contributed by atoms with van der Waals surface area (Å²) < 4.78 is 18.7. The third-order valence-electron chi connectivity index (χ3n) is 3.05. The van der Waals surface area contributed by atoms with Gasteiger partial charge in [0, 0.05) is 5.69 Å². The summed E-state index contributed by atoms with van der Waals surface area (Å²) in [7, 11) is 0. The fourth-order valence-electron chi connectivity index (χ4n) is 1.98. The fraction of sp³-hybridized carbons (Fsp3) is 0.0667. The molecule has 1 heterocycles. The average molecular weight is 285 g/mol. The standard InChI is InChI=1S/C15H12FN3O2/c1-8-6-10(3-4-12(8)16)21-15-18-13-5-2-9(17)7-11(13)14(20)19-15/h2-7H,17H2,1H3,(H,18,19,20). The van der Waals surface area contributed by atoms with Gasteiger partial charge in [-0.25, -0.2) is 4.39 Å². The lowest BCUT2D eigenvalue weighted by molar-refractivity contribution is 0.441. The van der Waals surface area contributed by atoms with Gasteiger partial charge in [-0.3, -0.25) is 9.78 Å². The SMILES string of the molecule is Cc1cc(Oc2nc3ccc(N)cc3c(=O)[nH]2)ccc1F. The second-order valence-corrected chi connectivity index (χ2v) is 4.66. The molecule has 0 aliphatic rings. The average Bonchev–Trinajstić information content (AvgIpc) is 2.44. The molecule has 3 aromatic rings. The van der Waals surface area contributed by atoms with Crippen molar-refractivity contribution in [3.8, 4) is 11.8 Å². The lowest BCUT2D eigenvalue weighted by Gasteiger charge is -2.06. The molecule has 0 unspecified atom stereocenters. The van der Waals surface area contributed by atoms with Gasteiger partial charge in [0.05, 0.1) is 10.9 Å². The Morgan fingerprint density at radius 3 is 2.81 bits per heavy atom. The van der Waals surface area contributed by atoms with Crippen LogP contribution in [0.3, 0.4) is 0 Å². The number of hydrogen-bond acceptors (Lipinski definition) is 4. The van der Waals surface area contributed by atoms with E-state index >= 15 is 0 Å². The van der Waals surface area contributed by atoms with Crippen LogP contribution in [0.15, 0.2) is 41.2 Å². The molecule has 0 bridgehead atoms. The Labute approximate surface area is 119 Å². The van der Waals surface area contributed by atoms with Gasteiger partial charge in [-0.15, -0.1) is 0 Å². The van der Waals surface area contributed by atoms with Crippen molar-refractivity contribution in [3.05, 3.63) is 58.1 Å². The number of aromatic nitrogens is 2. The van der Waals surface area contributed by atoms with E-state index in [0.29, 0.717) is 27.9 Å². The molecule has 0 fully saturated rings. The highest BCUT2D eigenvalue weighted by Crippen LogP contribution is 2.21. The Balaban J connectivity index is 2.03. The predicted octanol–water partition coefficient (Wildman–Crippen LogP) is 2.75. The molecule has 1 aromatic heterocycles. The zero-order valence-electron chi connectivity index (χ0n) is 11.2. The van der Waals surface area contributed by atoms with Crippen LogP contribution in [0.1, 0.15) is 5.56 Å². The normalized spacial score (nSPS) is 10.8. The van der Waals surface area contributed by atoms with Crippen molar-refractivity contribution < 1.29 is 9.13 Å². The molecule has 21 heavy (non-hydrogen) atoms. The van der Waals surface area contributed by atoms with E-state index in [1.54, 1.807) is 25.1 Å². The van der Waals surface area contributed by atoms with Crippen molar-refractivity contribution in [2.75, 3.05) is 5.73 Å². The van der Waals surface area contributed by atoms with E-state index in [1.165, 1.54) is 18.2 Å². The van der Waals surface area contributed by atoms with Crippen molar-refractivity contribution in [2.24, 2.45) is 0 Å². The van der Waals surface area contributed by atoms with E-state index in [4.69, 9.17) is 10.5 Å². The quantitative estimate of drug-likeness (QED) is 0.709. The van der Waals surface area contributed by atoms with Crippen LogP contribution in [-0.4, -0.2) is 9.97 Å². The number of nitrogen functional groups attached to an aromatic ring is 1. The maximum atomic E-state index is 13.2. The number of benzene rings is 2. The Morgan fingerprint density at radius 1 is 1.24 bits per heavy atom. The number of H-pyrrole nitrogens is 1. The van der Waals surface area contributed by atoms with Crippen molar-refractivity contribution in [2.45, 2.75) is 6.92 Å². The van der Waals surface area contributed by atoms with E-state index in [2.05, 4.69) is 9.97 Å². The highest BCUT2D eigenvalue weighted by molar-refractivity contribution is 5.81. The summed E-state index contributed by atoms with van der Waals surface area (Å²) in [5.74, 6) is 0.0737. The molecule has 3 rings (SSSR count). The molecule has 0 aliphatic carbocycles. The lowest BCUT2D eigenvalue weighted by atomic mass is 10.2. The molecule has 0 atom stereocenters. The number of rotatable bonds is 2. The van der Waals surface area contributed by atoms with E-state index in [1.807, 2.05) is 0 Å². The number of aromatic amines is 1. The number of hydrogen-bond donors (Lipinski definition) is 2. The third-order valence-corrected chi connectivity index (χ3v) is 3.05. The molecule has 0 spiro atoms. The molecule has 5 nitrogen and oxygen atoms in total. The first-order valence-electron chi connectivity index (χ1n) is 6.26. The summed E-state index contributed by atoms with van der Waals surface area (Å²) in [6.45, 7) is 1.63. The molecule has 0 aliphatic heterocycles. The minimum atomic E-state index is -0.346. The van der Waals surface area contributed by atoms with Gasteiger partial charge in [0.1, 0.15) is 11.6 Å². The third kappa shape index (κ3) is 2.55. The van der Waals surface area contributed by atoms with E-state index in [9.17, 15) is 9.18 Å². The van der Waals surface area contributed by atoms with Crippen LogP contribution in [0.4, 0.5) is 10.1 Å². The molecular weight excluding hydrogens is 273 g/mol. The number of aryl methyl sites for hydroxylation is 1. The Kier molecular flexibility index (Phi) is 3.06. The molecular formula is C15H12FN3O2. The molecule has 0 amide bonds. The van der Waals surface area contributed by atoms with Gasteiger partial charge in [-0.2, -0.15) is 4.98 Å². The first kappa shape index (κ1) is 13.1. The van der Waals surface area contributed by atoms with E-state index in [-0.39, 0.29) is 17.4 Å². The van der Waals surface area contributed by atoms with Crippen LogP contribution in [0.2, 0.25) is 0 Å². The monoisotopic (exact) mass is 285 g/mol. The highest BCUT2D eigenvalue weighted by atomic mass is 19.1. The number of fused-ring (bicyclic) bond motifs is 1. The van der Waals surface area contributed by atoms with Gasteiger partial charge in [-0.05, 0) is 48.9 Å². The maximum absolute atomic E-state index is 13.2. The second-order valence-electron chi connectivity index (χ2n) is 4.66. The van der Waals surface area contributed by atoms with Crippen LogP contribution >= 0.6 is 0 Å². The number of nitrogens with zero attached hydrogens (tertiary/aromatic N) is 1. The van der Waals surface area contributed by atoms with Crippen LogP contribution < -0.4 is 16.0 Å². The molecule has 3 N–H and O–H groups in total. The predicted molar refractivity (Wildman–Crippen MR) is 78.0 cm³/mol. The molecule has 2 aromatic carbocycles. The van der Waals surface area contributed by atoms with Gasteiger partial charge in [-0.1, -0.05) is 0 Å². The molecule has 0 saturated carbocycles. The number of ether oxygens (including phenoxy) is 1. The van der Waals surface area contributed by atoms with Gasteiger partial charge < -0.3 is 10.5 Å². The van der Waals surface area contributed by atoms with Crippen molar-refractivity contribution in [3.63, 3.8) is 0 Å². The van der Waals surface area contributed by atoms with Crippen LogP contribution in [0.25, 0.3) is 10.9 Å². The maximum Gasteiger partial charge on any atom is 0.302 e. The van der Waals surface area contributed by atoms with Crippen LogP contribution in [0, 0.1) is 12.7 Å². The Hall–Kier alpha value is -2.89. The molecule has 6 heteroatoms. The zero-order valence-corrected chi connectivity index (χ0v) is 11.2. The Bertz CT molecular complexity index is 890. The minimum Gasteiger partial charge on any atom is -0.426 e. The second kappa shape index (κ2) is 4.90. The van der Waals surface area contributed by atoms with Gasteiger partial charge in [0.15, 0.2) is 0 Å². The summed E-state index contributed by atoms with van der Waals surface area (Å²) in [5, 5.41) is 0.387. The number of nitrogens with one attached hydrogen (secondary N) is 1. The van der Waals surface area contributed by atoms with E-state index < -0.39 is 0 Å². The summed E-state index contributed by atoms with van der Waals surface area (Å²) in [6, 6.07) is 9.18. The molecule has 0 saturated heterocycles. The summed E-state index contributed by atoms with van der Waals surface area (Å²) in [5.41, 5.74) is 6.70. The van der Waals surface area contributed by atoms with Crippen molar-refractivity contribution in [1.82, 2.24) is 9.97 Å². The molecule has 0 radical (unpaired) electrons. The van der Waals surface area contributed by atoms with Gasteiger partial charge in [0.2, 0.25) is 0 Å². The first-order chi connectivity index (χ1) is 10.0. The minimum absolute atomic E-state index is 0.0447. The van der Waals surface area contributed by atoms with E-state index in [0.717, 1.165) is 0 Å². The van der Waals surface area contributed by atoms with Crippen LogP contribution in [0.5, 0.6) is 11.8 Å². The fourth-order valence-corrected chi connectivity index (χ4v) is 1.98. The smallest absolute Gasteiger partial charge is 0.302 e. The highest BCUT2D eigenvalue weighted by Gasteiger charge is 2.07. The van der Waals surface area contributed by atoms with Crippen molar-refractivity contribution in [1.29, 1.82) is 0 Å². The van der Waals surface area contributed by atoms with Gasteiger partial charge in [0.25, 0.3) is 5.56 Å².